The van der Waals surface area contributed by atoms with Crippen molar-refractivity contribution in [2.75, 3.05) is 0 Å². The molecule has 0 bridgehead atoms. The molecule has 1 aliphatic rings. The molecule has 1 aliphatic heterocycles. The van der Waals surface area contributed by atoms with Gasteiger partial charge in [0.15, 0.2) is 11.5 Å². The van der Waals surface area contributed by atoms with E-state index < -0.39 is 5.60 Å². The molecule has 1 aromatic carbocycles. The lowest BCUT2D eigenvalue weighted by atomic mass is 9.92. The summed E-state index contributed by atoms with van der Waals surface area (Å²) in [6, 6.07) is 4.65. The van der Waals surface area contributed by atoms with Gasteiger partial charge in [-0.2, -0.15) is 0 Å². The standard InChI is InChI=1S/C11H12O4/c1-11(6-5-9(13)15-11)7-3-2-4-8(12)10(7)14/h2-4,12,14H,5-6H2,1H3. The average molecular weight is 208 g/mol. The maximum Gasteiger partial charge on any atom is 0.306 e. The van der Waals surface area contributed by atoms with Crippen LogP contribution < -0.4 is 0 Å². The van der Waals surface area contributed by atoms with Gasteiger partial charge in [0.1, 0.15) is 5.60 Å². The van der Waals surface area contributed by atoms with Gasteiger partial charge >= 0.3 is 5.97 Å². The summed E-state index contributed by atoms with van der Waals surface area (Å²) in [5, 5.41) is 19.0. The van der Waals surface area contributed by atoms with E-state index in [1.807, 2.05) is 0 Å². The van der Waals surface area contributed by atoms with E-state index in [9.17, 15) is 15.0 Å². The summed E-state index contributed by atoms with van der Waals surface area (Å²) in [5.74, 6) is -0.688. The molecule has 0 radical (unpaired) electrons. The second kappa shape index (κ2) is 3.15. The molecule has 2 rings (SSSR count). The van der Waals surface area contributed by atoms with Crippen LogP contribution in [0.15, 0.2) is 18.2 Å². The molecule has 0 saturated carbocycles. The molecule has 1 heterocycles. The van der Waals surface area contributed by atoms with Gasteiger partial charge < -0.3 is 14.9 Å². The summed E-state index contributed by atoms with van der Waals surface area (Å²) in [5.41, 5.74) is -0.367. The van der Waals surface area contributed by atoms with Gasteiger partial charge in [0.25, 0.3) is 0 Å². The van der Waals surface area contributed by atoms with Crippen LogP contribution in [0.25, 0.3) is 0 Å². The van der Waals surface area contributed by atoms with Crippen LogP contribution in [-0.4, -0.2) is 16.2 Å². The van der Waals surface area contributed by atoms with Crippen molar-refractivity contribution < 1.29 is 19.7 Å². The van der Waals surface area contributed by atoms with Gasteiger partial charge in [-0.1, -0.05) is 12.1 Å². The molecular weight excluding hydrogens is 196 g/mol. The molecule has 80 valence electrons. The third-order valence-corrected chi connectivity index (χ3v) is 2.73. The van der Waals surface area contributed by atoms with Crippen LogP contribution >= 0.6 is 0 Å². The van der Waals surface area contributed by atoms with Crippen LogP contribution in [0.3, 0.4) is 0 Å². The van der Waals surface area contributed by atoms with E-state index in [1.165, 1.54) is 6.07 Å². The number of carbonyl (C=O) groups excluding carboxylic acids is 1. The van der Waals surface area contributed by atoms with Gasteiger partial charge in [0, 0.05) is 18.4 Å². The molecule has 1 unspecified atom stereocenters. The van der Waals surface area contributed by atoms with Crippen molar-refractivity contribution in [3.63, 3.8) is 0 Å². The Balaban J connectivity index is 2.45. The Morgan fingerprint density at radius 2 is 2.13 bits per heavy atom. The van der Waals surface area contributed by atoms with E-state index in [2.05, 4.69) is 0 Å². The molecule has 0 aromatic heterocycles. The molecule has 15 heavy (non-hydrogen) atoms. The van der Waals surface area contributed by atoms with Gasteiger partial charge in [0.05, 0.1) is 0 Å². The largest absolute Gasteiger partial charge is 0.504 e. The molecule has 1 aromatic rings. The predicted molar refractivity (Wildman–Crippen MR) is 52.4 cm³/mol. The smallest absolute Gasteiger partial charge is 0.306 e. The number of aromatic hydroxyl groups is 2. The molecule has 4 nitrogen and oxygen atoms in total. The summed E-state index contributed by atoms with van der Waals surface area (Å²) >= 11 is 0. The second-order valence-electron chi connectivity index (χ2n) is 3.88. The van der Waals surface area contributed by atoms with Crippen LogP contribution in [0.4, 0.5) is 0 Å². The van der Waals surface area contributed by atoms with E-state index in [0.29, 0.717) is 18.4 Å². The number of hydrogen-bond acceptors (Lipinski definition) is 4. The topological polar surface area (TPSA) is 66.8 Å². The van der Waals surface area contributed by atoms with Gasteiger partial charge in [-0.15, -0.1) is 0 Å². The van der Waals surface area contributed by atoms with Gasteiger partial charge in [0.2, 0.25) is 0 Å². The number of phenolic OH excluding ortho intramolecular Hbond substituents is 2. The number of ether oxygens (including phenoxy) is 1. The fourth-order valence-corrected chi connectivity index (χ4v) is 1.84. The van der Waals surface area contributed by atoms with Crippen molar-refractivity contribution in [2.45, 2.75) is 25.4 Å². The highest BCUT2D eigenvalue weighted by molar-refractivity contribution is 5.73. The zero-order valence-corrected chi connectivity index (χ0v) is 8.36. The minimum atomic E-state index is -0.820. The summed E-state index contributed by atoms with van der Waals surface area (Å²) in [7, 11) is 0. The van der Waals surface area contributed by atoms with Gasteiger partial charge in [-0.05, 0) is 13.0 Å². The van der Waals surface area contributed by atoms with Crippen molar-refractivity contribution in [1.82, 2.24) is 0 Å². The van der Waals surface area contributed by atoms with Crippen molar-refractivity contribution >= 4 is 5.97 Å². The fraction of sp³-hybridized carbons (Fsp3) is 0.364. The first-order valence-corrected chi connectivity index (χ1v) is 4.76. The first kappa shape index (κ1) is 9.83. The number of rotatable bonds is 1. The van der Waals surface area contributed by atoms with Crippen LogP contribution in [0.1, 0.15) is 25.3 Å². The Morgan fingerprint density at radius 3 is 2.73 bits per heavy atom. The number of phenols is 2. The summed E-state index contributed by atoms with van der Waals surface area (Å²) < 4.78 is 5.16. The van der Waals surface area contributed by atoms with E-state index in [4.69, 9.17) is 4.74 Å². The molecular formula is C11H12O4. The zero-order chi connectivity index (χ0) is 11.1. The van der Waals surface area contributed by atoms with Crippen LogP contribution in [0.2, 0.25) is 0 Å². The van der Waals surface area contributed by atoms with Gasteiger partial charge in [-0.25, -0.2) is 0 Å². The second-order valence-corrected chi connectivity index (χ2v) is 3.88. The molecule has 0 amide bonds. The Bertz CT molecular complexity index is 413. The first-order chi connectivity index (χ1) is 7.03. The Morgan fingerprint density at radius 1 is 1.40 bits per heavy atom. The first-order valence-electron chi connectivity index (χ1n) is 4.76. The minimum absolute atomic E-state index is 0.198. The maximum atomic E-state index is 11.1. The van der Waals surface area contributed by atoms with Crippen molar-refractivity contribution in [2.24, 2.45) is 0 Å². The lowest BCUT2D eigenvalue weighted by Gasteiger charge is -2.24. The molecule has 4 heteroatoms. The minimum Gasteiger partial charge on any atom is -0.504 e. The number of esters is 1. The van der Waals surface area contributed by atoms with Crippen molar-refractivity contribution in [3.05, 3.63) is 23.8 Å². The highest BCUT2D eigenvalue weighted by atomic mass is 16.6. The van der Waals surface area contributed by atoms with E-state index >= 15 is 0 Å². The number of benzene rings is 1. The molecule has 2 N–H and O–H groups in total. The summed E-state index contributed by atoms with van der Waals surface area (Å²) in [6.07, 6.45) is 0.856. The molecule has 1 fully saturated rings. The normalized spacial score (nSPS) is 25.3. The maximum absolute atomic E-state index is 11.1. The lowest BCUT2D eigenvalue weighted by molar-refractivity contribution is -0.147. The number of para-hydroxylation sites is 1. The molecule has 1 atom stereocenters. The molecule has 0 aliphatic carbocycles. The van der Waals surface area contributed by atoms with Crippen LogP contribution in [0, 0.1) is 0 Å². The third-order valence-electron chi connectivity index (χ3n) is 2.73. The van der Waals surface area contributed by atoms with Crippen molar-refractivity contribution in [3.8, 4) is 11.5 Å². The number of hydrogen-bond donors (Lipinski definition) is 2. The Kier molecular flexibility index (Phi) is 2.07. The number of cyclic esters (lactones) is 1. The average Bonchev–Trinajstić information content (AvgIpc) is 2.52. The highest BCUT2D eigenvalue weighted by Crippen LogP contribution is 2.43. The van der Waals surface area contributed by atoms with E-state index in [1.54, 1.807) is 19.1 Å². The molecule has 0 spiro atoms. The van der Waals surface area contributed by atoms with Crippen LogP contribution in [-0.2, 0) is 15.1 Å². The SMILES string of the molecule is CC1(c2cccc(O)c2O)CCC(=O)O1. The molecule has 1 saturated heterocycles. The van der Waals surface area contributed by atoms with Crippen LogP contribution in [0.5, 0.6) is 11.5 Å². The lowest BCUT2D eigenvalue weighted by Crippen LogP contribution is -2.20. The Hall–Kier alpha value is -1.71. The monoisotopic (exact) mass is 208 g/mol. The van der Waals surface area contributed by atoms with E-state index in [-0.39, 0.29) is 17.5 Å². The zero-order valence-electron chi connectivity index (χ0n) is 8.36. The summed E-state index contributed by atoms with van der Waals surface area (Å²) in [6.45, 7) is 1.73. The summed E-state index contributed by atoms with van der Waals surface area (Å²) in [4.78, 5) is 11.1. The van der Waals surface area contributed by atoms with Crippen molar-refractivity contribution in [1.29, 1.82) is 0 Å². The number of carbonyl (C=O) groups is 1. The van der Waals surface area contributed by atoms with E-state index in [0.717, 1.165) is 0 Å². The predicted octanol–water partition coefficient (Wildman–Crippen LogP) is 1.65. The quantitative estimate of drug-likeness (QED) is 0.544. The fourth-order valence-electron chi connectivity index (χ4n) is 1.84. The third kappa shape index (κ3) is 1.52. The van der Waals surface area contributed by atoms with Gasteiger partial charge in [-0.3, -0.25) is 4.79 Å². The highest BCUT2D eigenvalue weighted by Gasteiger charge is 2.39. The Labute approximate surface area is 87.1 Å².